The number of rotatable bonds is 1. The van der Waals surface area contributed by atoms with Crippen LogP contribution < -0.4 is 5.32 Å². The van der Waals surface area contributed by atoms with Crippen LogP contribution in [-0.2, 0) is 0 Å². The van der Waals surface area contributed by atoms with Gasteiger partial charge in [-0.2, -0.15) is 0 Å². The second-order valence-electron chi connectivity index (χ2n) is 3.31. The van der Waals surface area contributed by atoms with E-state index in [9.17, 15) is 9.59 Å². The van der Waals surface area contributed by atoms with E-state index >= 15 is 0 Å². The Balaban J connectivity index is 2.33. The van der Waals surface area contributed by atoms with Crippen molar-refractivity contribution in [2.45, 2.75) is 0 Å². The molecule has 0 aromatic heterocycles. The summed E-state index contributed by atoms with van der Waals surface area (Å²) in [6, 6.07) is 5.12. The van der Waals surface area contributed by atoms with E-state index in [1.807, 2.05) is 12.1 Å². The van der Waals surface area contributed by atoms with E-state index in [1.165, 1.54) is 4.90 Å². The summed E-state index contributed by atoms with van der Waals surface area (Å²) in [5.74, 6) is -0.249. The number of imide groups is 1. The number of halogens is 2. The Kier molecular flexibility index (Phi) is 3.48. The normalized spacial score (nSPS) is 15.1. The average Bonchev–Trinajstić information content (AvgIpc) is 2.67. The van der Waals surface area contributed by atoms with E-state index in [0.29, 0.717) is 18.7 Å². The maximum Gasteiger partial charge on any atom is 0.324 e. The first-order valence-electron chi connectivity index (χ1n) is 4.64. The summed E-state index contributed by atoms with van der Waals surface area (Å²) in [6.45, 7) is 0.954. The van der Waals surface area contributed by atoms with E-state index in [1.54, 1.807) is 6.07 Å². The van der Waals surface area contributed by atoms with Crippen molar-refractivity contribution in [1.82, 2.24) is 10.2 Å². The summed E-state index contributed by atoms with van der Waals surface area (Å²) in [6.07, 6.45) is 0. The third-order valence-corrected chi connectivity index (χ3v) is 3.69. The van der Waals surface area contributed by atoms with Crippen LogP contribution in [0.25, 0.3) is 0 Å². The Labute approximate surface area is 115 Å². The average molecular weight is 395 g/mol. The van der Waals surface area contributed by atoms with Crippen molar-refractivity contribution in [1.29, 1.82) is 0 Å². The van der Waals surface area contributed by atoms with Crippen molar-refractivity contribution < 1.29 is 9.59 Å². The smallest absolute Gasteiger partial charge is 0.324 e. The van der Waals surface area contributed by atoms with Crippen LogP contribution in [0.3, 0.4) is 0 Å². The lowest BCUT2D eigenvalue weighted by Crippen LogP contribution is -2.34. The molecule has 1 saturated heterocycles. The molecule has 16 heavy (non-hydrogen) atoms. The molecule has 1 aliphatic heterocycles. The highest BCUT2D eigenvalue weighted by Crippen LogP contribution is 2.20. The number of hydrogen-bond donors (Lipinski definition) is 1. The van der Waals surface area contributed by atoms with Crippen molar-refractivity contribution in [2.75, 3.05) is 13.1 Å². The zero-order valence-corrected chi connectivity index (χ0v) is 11.9. The minimum absolute atomic E-state index is 0.249. The fourth-order valence-corrected chi connectivity index (χ4v) is 2.40. The van der Waals surface area contributed by atoms with Gasteiger partial charge in [0.25, 0.3) is 5.91 Å². The molecule has 1 aromatic rings. The molecule has 4 nitrogen and oxygen atoms in total. The van der Waals surface area contributed by atoms with Crippen molar-refractivity contribution >= 4 is 50.5 Å². The first-order valence-corrected chi connectivity index (χ1v) is 6.51. The maximum atomic E-state index is 12.1. The second kappa shape index (κ2) is 4.70. The Morgan fingerprint density at radius 2 is 2.25 bits per heavy atom. The number of carbonyl (C=O) groups excluding carboxylic acids is 2. The quantitative estimate of drug-likeness (QED) is 0.742. The van der Waals surface area contributed by atoms with E-state index in [0.717, 1.165) is 8.04 Å². The van der Waals surface area contributed by atoms with E-state index in [2.05, 4.69) is 43.8 Å². The summed E-state index contributed by atoms with van der Waals surface area (Å²) in [5.41, 5.74) is 0.548. The third kappa shape index (κ3) is 2.22. The molecule has 0 saturated carbocycles. The molecule has 84 valence electrons. The zero-order chi connectivity index (χ0) is 11.7. The van der Waals surface area contributed by atoms with Crippen LogP contribution in [-0.4, -0.2) is 29.9 Å². The van der Waals surface area contributed by atoms with Gasteiger partial charge in [0.1, 0.15) is 0 Å². The SMILES string of the molecule is O=C1NCCN1C(=O)c1cc(Br)ccc1I. The Morgan fingerprint density at radius 3 is 2.88 bits per heavy atom. The van der Waals surface area contributed by atoms with Crippen LogP contribution in [0.5, 0.6) is 0 Å². The number of nitrogens with zero attached hydrogens (tertiary/aromatic N) is 1. The van der Waals surface area contributed by atoms with Crippen molar-refractivity contribution in [3.63, 3.8) is 0 Å². The van der Waals surface area contributed by atoms with Gasteiger partial charge in [0, 0.05) is 21.1 Å². The van der Waals surface area contributed by atoms with Gasteiger partial charge in [-0.15, -0.1) is 0 Å². The fraction of sp³-hybridized carbons (Fsp3) is 0.200. The number of urea groups is 1. The summed E-state index contributed by atoms with van der Waals surface area (Å²) >= 11 is 5.40. The van der Waals surface area contributed by atoms with Gasteiger partial charge in [-0.3, -0.25) is 9.69 Å². The van der Waals surface area contributed by atoms with Crippen molar-refractivity contribution in [3.8, 4) is 0 Å². The lowest BCUT2D eigenvalue weighted by Gasteiger charge is -2.13. The first kappa shape index (κ1) is 11.8. The van der Waals surface area contributed by atoms with Gasteiger partial charge in [0.15, 0.2) is 0 Å². The second-order valence-corrected chi connectivity index (χ2v) is 5.39. The Hall–Kier alpha value is -0.630. The predicted octanol–water partition coefficient (Wildman–Crippen LogP) is 2.22. The molecule has 0 aliphatic carbocycles. The van der Waals surface area contributed by atoms with Crippen LogP contribution in [0, 0.1) is 3.57 Å². The molecule has 0 unspecified atom stereocenters. The fourth-order valence-electron chi connectivity index (χ4n) is 1.47. The highest BCUT2D eigenvalue weighted by molar-refractivity contribution is 14.1. The highest BCUT2D eigenvalue weighted by Gasteiger charge is 2.28. The molecule has 1 heterocycles. The summed E-state index contributed by atoms with van der Waals surface area (Å²) < 4.78 is 1.67. The topological polar surface area (TPSA) is 49.4 Å². The van der Waals surface area contributed by atoms with Crippen molar-refractivity contribution in [3.05, 3.63) is 31.8 Å². The van der Waals surface area contributed by atoms with Gasteiger partial charge in [0.05, 0.1) is 5.56 Å². The van der Waals surface area contributed by atoms with Gasteiger partial charge >= 0.3 is 6.03 Å². The van der Waals surface area contributed by atoms with Crippen LogP contribution in [0.15, 0.2) is 22.7 Å². The molecule has 1 N–H and O–H groups in total. The van der Waals surface area contributed by atoms with Crippen LogP contribution in [0.2, 0.25) is 0 Å². The van der Waals surface area contributed by atoms with Gasteiger partial charge in [-0.25, -0.2) is 4.79 Å². The first-order chi connectivity index (χ1) is 7.59. The molecule has 0 bridgehead atoms. The van der Waals surface area contributed by atoms with Gasteiger partial charge in [-0.1, -0.05) is 15.9 Å². The molecule has 1 fully saturated rings. The third-order valence-electron chi connectivity index (χ3n) is 2.26. The minimum Gasteiger partial charge on any atom is -0.336 e. The molecule has 1 aliphatic rings. The number of benzene rings is 1. The molecule has 2 rings (SSSR count). The predicted molar refractivity (Wildman–Crippen MR) is 71.3 cm³/mol. The number of nitrogens with one attached hydrogen (secondary N) is 1. The molecule has 3 amide bonds. The van der Waals surface area contributed by atoms with Crippen LogP contribution in [0.1, 0.15) is 10.4 Å². The summed E-state index contributed by atoms with van der Waals surface area (Å²) in [7, 11) is 0. The summed E-state index contributed by atoms with van der Waals surface area (Å²) in [4.78, 5) is 24.7. The number of carbonyl (C=O) groups is 2. The molecule has 1 aromatic carbocycles. The lowest BCUT2D eigenvalue weighted by molar-refractivity contribution is 0.0828. The van der Waals surface area contributed by atoms with Crippen LogP contribution in [0.4, 0.5) is 4.79 Å². The monoisotopic (exact) mass is 394 g/mol. The number of amides is 3. The van der Waals surface area contributed by atoms with Gasteiger partial charge < -0.3 is 5.32 Å². The van der Waals surface area contributed by atoms with E-state index in [4.69, 9.17) is 0 Å². The van der Waals surface area contributed by atoms with Crippen molar-refractivity contribution in [2.24, 2.45) is 0 Å². The lowest BCUT2D eigenvalue weighted by atomic mass is 10.2. The molecule has 0 atom stereocenters. The molecule has 0 spiro atoms. The largest absolute Gasteiger partial charge is 0.336 e. The zero-order valence-electron chi connectivity index (χ0n) is 8.17. The minimum atomic E-state index is -0.319. The Bertz CT molecular complexity index is 464. The summed E-state index contributed by atoms with van der Waals surface area (Å²) in [5, 5.41) is 2.61. The molecule has 6 heteroatoms. The standard InChI is InChI=1S/C10H8BrIN2O2/c11-6-1-2-8(12)7(5-6)9(15)14-4-3-13-10(14)16/h1-2,5H,3-4H2,(H,13,16). The molecule has 0 radical (unpaired) electrons. The van der Waals surface area contributed by atoms with Gasteiger partial charge in [-0.05, 0) is 40.8 Å². The highest BCUT2D eigenvalue weighted by atomic mass is 127. The van der Waals surface area contributed by atoms with E-state index < -0.39 is 0 Å². The number of hydrogen-bond acceptors (Lipinski definition) is 2. The maximum absolute atomic E-state index is 12.1. The van der Waals surface area contributed by atoms with Crippen LogP contribution >= 0.6 is 38.5 Å². The Morgan fingerprint density at radius 1 is 1.50 bits per heavy atom. The van der Waals surface area contributed by atoms with Gasteiger partial charge in [0.2, 0.25) is 0 Å². The van der Waals surface area contributed by atoms with E-state index in [-0.39, 0.29) is 11.9 Å². The molecular weight excluding hydrogens is 387 g/mol. The molecular formula is C10H8BrIN2O2.